The van der Waals surface area contributed by atoms with Gasteiger partial charge >= 0.3 is 0 Å². The van der Waals surface area contributed by atoms with Crippen molar-refractivity contribution in [2.75, 3.05) is 5.32 Å². The third-order valence-electron chi connectivity index (χ3n) is 6.55. The number of rotatable bonds is 7. The minimum Gasteiger partial charge on any atom is -0.507 e. The van der Waals surface area contributed by atoms with Crippen LogP contribution in [0.25, 0.3) is 22.3 Å². The number of ether oxygens (including phenoxy) is 1. The van der Waals surface area contributed by atoms with Gasteiger partial charge < -0.3 is 20.1 Å². The number of amides is 1. The van der Waals surface area contributed by atoms with E-state index in [9.17, 15) is 9.90 Å². The summed E-state index contributed by atoms with van der Waals surface area (Å²) in [6.07, 6.45) is 1.83. The van der Waals surface area contributed by atoms with Crippen molar-refractivity contribution in [2.24, 2.45) is 4.99 Å². The Balaban J connectivity index is 1.21. The molecule has 0 saturated heterocycles. The molecule has 7 nitrogen and oxygen atoms in total. The van der Waals surface area contributed by atoms with E-state index in [0.717, 1.165) is 26.8 Å². The van der Waals surface area contributed by atoms with E-state index < -0.39 is 0 Å². The molecule has 0 unspecified atom stereocenters. The lowest BCUT2D eigenvalue weighted by Crippen LogP contribution is -2.11. The number of phenols is 1. The van der Waals surface area contributed by atoms with Crippen LogP contribution < -0.4 is 15.4 Å². The minimum absolute atomic E-state index is 0.142. The Bertz CT molecular complexity index is 1950. The normalized spacial score (nSPS) is 11.4. The van der Waals surface area contributed by atoms with Crippen molar-refractivity contribution in [3.63, 3.8) is 0 Å². The number of benzene rings is 4. The van der Waals surface area contributed by atoms with E-state index in [0.29, 0.717) is 40.2 Å². The summed E-state index contributed by atoms with van der Waals surface area (Å²) in [7, 11) is 0. The lowest BCUT2D eigenvalue weighted by Gasteiger charge is -2.08. The maximum atomic E-state index is 12.9. The maximum Gasteiger partial charge on any atom is 0.255 e. The predicted molar refractivity (Wildman–Crippen MR) is 168 cm³/mol. The summed E-state index contributed by atoms with van der Waals surface area (Å²) in [4.78, 5) is 25.8. The number of carbonyl (C=O) groups excluding carboxylic acids is 1. The van der Waals surface area contributed by atoms with Crippen molar-refractivity contribution in [3.8, 4) is 28.5 Å². The Labute approximate surface area is 250 Å². The maximum absolute atomic E-state index is 12.9. The monoisotopic (exact) mass is 616 g/mol. The minimum atomic E-state index is -0.219. The summed E-state index contributed by atoms with van der Waals surface area (Å²) in [5.74, 6) is 1.31. The number of aromatic nitrogens is 2. The zero-order valence-corrected chi connectivity index (χ0v) is 23.9. The van der Waals surface area contributed by atoms with Crippen molar-refractivity contribution in [1.82, 2.24) is 9.97 Å². The molecular weight excluding hydrogens is 592 g/mol. The first-order valence-electron chi connectivity index (χ1n) is 13.2. The molecule has 206 valence electrons. The number of halogens is 1. The molecule has 8 heteroatoms. The number of fused-ring (bicyclic) bond motifs is 1. The van der Waals surface area contributed by atoms with Crippen LogP contribution >= 0.6 is 15.9 Å². The number of phenolic OH excluding ortho intramolecular Hbond substituents is 1. The van der Waals surface area contributed by atoms with E-state index in [1.165, 1.54) is 0 Å². The molecule has 0 aliphatic carbocycles. The van der Waals surface area contributed by atoms with Gasteiger partial charge in [-0.05, 0) is 94.3 Å². The van der Waals surface area contributed by atoms with Gasteiger partial charge in [0.05, 0.1) is 27.6 Å². The second kappa shape index (κ2) is 12.1. The van der Waals surface area contributed by atoms with Gasteiger partial charge in [0.15, 0.2) is 0 Å². The van der Waals surface area contributed by atoms with Gasteiger partial charge in [0.1, 0.15) is 22.8 Å². The standard InChI is InChI=1S/C34H25BrN4O3/c35-29-21-37-31-19-25(18-30(39-33(29)31)28-11-4-5-12-32(28)40)36-20-22-7-6-8-24(17-22)38-34(41)23-13-15-27(16-14-23)42-26-9-2-1-3-10-26/h1-19,21,37,40H,20H2,(H,38,41). The van der Waals surface area contributed by atoms with Gasteiger partial charge in [-0.15, -0.1) is 0 Å². The molecule has 0 bridgehead atoms. The number of anilines is 1. The van der Waals surface area contributed by atoms with Crippen LogP contribution in [0.15, 0.2) is 131 Å². The average Bonchev–Trinajstić information content (AvgIpc) is 3.23. The molecule has 0 atom stereocenters. The van der Waals surface area contributed by atoms with Crippen molar-refractivity contribution in [2.45, 2.75) is 6.54 Å². The van der Waals surface area contributed by atoms with Gasteiger partial charge in [0, 0.05) is 23.0 Å². The summed E-state index contributed by atoms with van der Waals surface area (Å²) >= 11 is 3.55. The number of nitrogens with one attached hydrogen (secondary N) is 2. The van der Waals surface area contributed by atoms with Crippen LogP contribution in [0.3, 0.4) is 0 Å². The molecule has 0 aliphatic heterocycles. The summed E-state index contributed by atoms with van der Waals surface area (Å²) < 4.78 is 6.63. The van der Waals surface area contributed by atoms with Gasteiger partial charge in [-0.25, -0.2) is 4.98 Å². The lowest BCUT2D eigenvalue weighted by atomic mass is 10.1. The Morgan fingerprint density at radius 2 is 1.64 bits per heavy atom. The third-order valence-corrected chi connectivity index (χ3v) is 7.15. The summed E-state index contributed by atoms with van der Waals surface area (Å²) in [5, 5.41) is 14.1. The van der Waals surface area contributed by atoms with Crippen LogP contribution in [0.1, 0.15) is 15.9 Å². The van der Waals surface area contributed by atoms with Crippen molar-refractivity contribution in [3.05, 3.63) is 142 Å². The number of H-pyrrole nitrogens is 1. The van der Waals surface area contributed by atoms with Crippen molar-refractivity contribution < 1.29 is 14.6 Å². The van der Waals surface area contributed by atoms with Crippen LogP contribution in [0.5, 0.6) is 17.2 Å². The van der Waals surface area contributed by atoms with E-state index in [1.54, 1.807) is 36.4 Å². The smallest absolute Gasteiger partial charge is 0.255 e. The number of hydrogen-bond donors (Lipinski definition) is 3. The molecule has 2 heterocycles. The third kappa shape index (κ3) is 6.24. The number of nitrogens with zero attached hydrogens (tertiary/aromatic N) is 2. The Morgan fingerprint density at radius 3 is 2.45 bits per heavy atom. The number of carbonyl (C=O) groups is 1. The van der Waals surface area contributed by atoms with E-state index >= 15 is 0 Å². The number of aromatic amines is 1. The van der Waals surface area contributed by atoms with Crippen molar-refractivity contribution >= 4 is 38.6 Å². The Hall–Kier alpha value is -5.21. The van der Waals surface area contributed by atoms with Gasteiger partial charge in [-0.1, -0.05) is 42.5 Å². The van der Waals surface area contributed by atoms with E-state index in [4.69, 9.17) is 14.7 Å². The first-order chi connectivity index (χ1) is 20.5. The van der Waals surface area contributed by atoms with Crippen LogP contribution in [0.4, 0.5) is 5.69 Å². The molecule has 6 rings (SSSR count). The van der Waals surface area contributed by atoms with E-state index in [1.807, 2.05) is 85.1 Å². The SMILES string of the molecule is O=C(Nc1cccc(CN=c2cc(-c3ccccc3O)nc3c(Br)c[nH]c3c2)c1)c1ccc(Oc2ccccc2)cc1. The molecule has 0 saturated carbocycles. The highest BCUT2D eigenvalue weighted by Gasteiger charge is 2.10. The van der Waals surface area contributed by atoms with Gasteiger partial charge in [-0.2, -0.15) is 0 Å². The fraction of sp³-hybridized carbons (Fsp3) is 0.0294. The molecule has 6 aromatic rings. The molecule has 1 amide bonds. The number of hydrogen-bond acceptors (Lipinski definition) is 5. The van der Waals surface area contributed by atoms with E-state index in [2.05, 4.69) is 26.2 Å². The first-order valence-corrected chi connectivity index (χ1v) is 14.0. The number of para-hydroxylation sites is 2. The molecule has 42 heavy (non-hydrogen) atoms. The van der Waals surface area contributed by atoms with Crippen LogP contribution in [0.2, 0.25) is 0 Å². The second-order valence-electron chi connectivity index (χ2n) is 9.54. The topological polar surface area (TPSA) is 99.6 Å². The predicted octanol–water partition coefficient (Wildman–Crippen LogP) is 7.84. The average molecular weight is 618 g/mol. The largest absolute Gasteiger partial charge is 0.507 e. The molecule has 0 radical (unpaired) electrons. The molecular formula is C34H25BrN4O3. The highest BCUT2D eigenvalue weighted by atomic mass is 79.9. The molecule has 3 N–H and O–H groups in total. The highest BCUT2D eigenvalue weighted by Crippen LogP contribution is 2.29. The van der Waals surface area contributed by atoms with Crippen LogP contribution in [-0.4, -0.2) is 21.0 Å². The van der Waals surface area contributed by atoms with Gasteiger partial charge in [0.25, 0.3) is 5.91 Å². The highest BCUT2D eigenvalue weighted by molar-refractivity contribution is 9.10. The fourth-order valence-electron chi connectivity index (χ4n) is 4.46. The Morgan fingerprint density at radius 1 is 0.881 bits per heavy atom. The molecule has 0 spiro atoms. The van der Waals surface area contributed by atoms with Crippen LogP contribution in [-0.2, 0) is 6.54 Å². The van der Waals surface area contributed by atoms with Gasteiger partial charge in [0.2, 0.25) is 0 Å². The summed E-state index contributed by atoms with van der Waals surface area (Å²) in [5.41, 5.74) is 4.87. The van der Waals surface area contributed by atoms with E-state index in [-0.39, 0.29) is 11.7 Å². The zero-order chi connectivity index (χ0) is 28.9. The molecule has 0 fully saturated rings. The molecule has 4 aromatic carbocycles. The second-order valence-corrected chi connectivity index (χ2v) is 10.4. The fourth-order valence-corrected chi connectivity index (χ4v) is 4.88. The first kappa shape index (κ1) is 27.0. The summed E-state index contributed by atoms with van der Waals surface area (Å²) in [6.45, 7) is 0.378. The van der Waals surface area contributed by atoms with Crippen molar-refractivity contribution in [1.29, 1.82) is 0 Å². The molecule has 0 aliphatic rings. The van der Waals surface area contributed by atoms with Crippen LogP contribution in [0, 0.1) is 0 Å². The summed E-state index contributed by atoms with van der Waals surface area (Å²) in [6, 6.07) is 35.0. The van der Waals surface area contributed by atoms with Gasteiger partial charge in [-0.3, -0.25) is 9.79 Å². The zero-order valence-electron chi connectivity index (χ0n) is 22.3. The quantitative estimate of drug-likeness (QED) is 0.170. The Kier molecular flexibility index (Phi) is 7.79. The molecule has 2 aromatic heterocycles. The number of aromatic hydroxyl groups is 1. The lowest BCUT2D eigenvalue weighted by molar-refractivity contribution is 0.102.